The van der Waals surface area contributed by atoms with E-state index in [4.69, 9.17) is 0 Å². The fourth-order valence-corrected chi connectivity index (χ4v) is 1.03. The maximum Gasteiger partial charge on any atom is 0.0214 e. The number of rotatable bonds is 4. The Morgan fingerprint density at radius 2 is 1.58 bits per heavy atom. The molecule has 2 nitrogen and oxygen atoms in total. The third-order valence-corrected chi connectivity index (χ3v) is 1.74. The quantitative estimate of drug-likeness (QED) is 0.699. The molecule has 0 aromatic rings. The van der Waals surface area contributed by atoms with Gasteiger partial charge in [-0.25, -0.2) is 0 Å². The van der Waals surface area contributed by atoms with E-state index < -0.39 is 0 Å². The Hall–Kier alpha value is -0.0800. The largest absolute Gasteiger partial charge is 0.315 e. The summed E-state index contributed by atoms with van der Waals surface area (Å²) in [6, 6.07) is 0.620. The SMILES string of the molecule is CC.CNC(CN(C)C)C(C)C. The number of hydrogen-bond acceptors (Lipinski definition) is 2. The zero-order chi connectivity index (χ0) is 10.1. The first-order chi connectivity index (χ1) is 5.57. The molecule has 0 aromatic carbocycles. The normalized spacial score (nSPS) is 12.8. The molecular formula is C10H26N2. The van der Waals surface area contributed by atoms with Crippen LogP contribution < -0.4 is 5.32 Å². The highest BCUT2D eigenvalue weighted by molar-refractivity contribution is 4.70. The highest BCUT2D eigenvalue weighted by Gasteiger charge is 2.10. The summed E-state index contributed by atoms with van der Waals surface area (Å²) in [5, 5.41) is 3.29. The highest BCUT2D eigenvalue weighted by atomic mass is 15.1. The summed E-state index contributed by atoms with van der Waals surface area (Å²) in [4.78, 5) is 2.21. The molecule has 2 heteroatoms. The second-order valence-electron chi connectivity index (χ2n) is 3.40. The predicted molar refractivity (Wildman–Crippen MR) is 57.6 cm³/mol. The first kappa shape index (κ1) is 14.4. The lowest BCUT2D eigenvalue weighted by atomic mass is 10.0. The molecule has 0 aromatic heterocycles. The van der Waals surface area contributed by atoms with Gasteiger partial charge in [-0.05, 0) is 27.1 Å². The van der Waals surface area contributed by atoms with Gasteiger partial charge in [-0.15, -0.1) is 0 Å². The first-order valence-electron chi connectivity index (χ1n) is 4.90. The average molecular weight is 174 g/mol. The summed E-state index contributed by atoms with van der Waals surface area (Å²) in [6.45, 7) is 9.60. The molecule has 0 rings (SSSR count). The van der Waals surface area contributed by atoms with Crippen molar-refractivity contribution < 1.29 is 0 Å². The zero-order valence-corrected chi connectivity index (χ0v) is 9.81. The van der Waals surface area contributed by atoms with Gasteiger partial charge in [0.05, 0.1) is 0 Å². The Morgan fingerprint density at radius 3 is 1.67 bits per heavy atom. The number of nitrogens with one attached hydrogen (secondary N) is 1. The lowest BCUT2D eigenvalue weighted by Crippen LogP contribution is -2.39. The topological polar surface area (TPSA) is 15.3 Å². The van der Waals surface area contributed by atoms with Crippen LogP contribution >= 0.6 is 0 Å². The van der Waals surface area contributed by atoms with Crippen LogP contribution in [0.5, 0.6) is 0 Å². The van der Waals surface area contributed by atoms with E-state index in [1.54, 1.807) is 0 Å². The van der Waals surface area contributed by atoms with Gasteiger partial charge in [0.2, 0.25) is 0 Å². The molecule has 1 unspecified atom stereocenters. The maximum atomic E-state index is 3.29. The minimum atomic E-state index is 0.620. The predicted octanol–water partition coefficient (Wildman–Crippen LogP) is 1.82. The molecule has 0 saturated carbocycles. The van der Waals surface area contributed by atoms with E-state index in [0.29, 0.717) is 12.0 Å². The summed E-state index contributed by atoms with van der Waals surface area (Å²) in [5.41, 5.74) is 0. The van der Waals surface area contributed by atoms with Crippen molar-refractivity contribution in [3.05, 3.63) is 0 Å². The van der Waals surface area contributed by atoms with Gasteiger partial charge in [-0.2, -0.15) is 0 Å². The zero-order valence-electron chi connectivity index (χ0n) is 9.81. The fourth-order valence-electron chi connectivity index (χ4n) is 1.03. The Morgan fingerprint density at radius 1 is 1.17 bits per heavy atom. The minimum Gasteiger partial charge on any atom is -0.315 e. The van der Waals surface area contributed by atoms with Crippen LogP contribution in [-0.4, -0.2) is 38.6 Å². The molecule has 0 aliphatic heterocycles. The summed E-state index contributed by atoms with van der Waals surface area (Å²) in [6.07, 6.45) is 0. The van der Waals surface area contributed by atoms with E-state index in [-0.39, 0.29) is 0 Å². The number of hydrogen-bond donors (Lipinski definition) is 1. The number of likely N-dealkylation sites (N-methyl/N-ethyl adjacent to an activating group) is 2. The molecule has 0 heterocycles. The van der Waals surface area contributed by atoms with Crippen LogP contribution in [0.4, 0.5) is 0 Å². The van der Waals surface area contributed by atoms with Crippen molar-refractivity contribution in [3.8, 4) is 0 Å². The van der Waals surface area contributed by atoms with Crippen molar-refractivity contribution in [1.29, 1.82) is 0 Å². The van der Waals surface area contributed by atoms with Crippen molar-refractivity contribution in [3.63, 3.8) is 0 Å². The van der Waals surface area contributed by atoms with Gasteiger partial charge in [0.25, 0.3) is 0 Å². The summed E-state index contributed by atoms with van der Waals surface area (Å²) in [5.74, 6) is 0.715. The minimum absolute atomic E-state index is 0.620. The van der Waals surface area contributed by atoms with Gasteiger partial charge in [-0.3, -0.25) is 0 Å². The molecule has 1 atom stereocenters. The molecule has 76 valence electrons. The van der Waals surface area contributed by atoms with E-state index in [1.807, 2.05) is 20.9 Å². The number of nitrogens with zero attached hydrogens (tertiary/aromatic N) is 1. The van der Waals surface area contributed by atoms with Gasteiger partial charge >= 0.3 is 0 Å². The molecule has 0 amide bonds. The van der Waals surface area contributed by atoms with Crippen LogP contribution in [0.2, 0.25) is 0 Å². The van der Waals surface area contributed by atoms with Crippen molar-refractivity contribution in [2.45, 2.75) is 33.7 Å². The Balaban J connectivity index is 0. The average Bonchev–Trinajstić information content (AvgIpc) is 2.03. The Kier molecular flexibility index (Phi) is 10.8. The molecule has 0 radical (unpaired) electrons. The lowest BCUT2D eigenvalue weighted by Gasteiger charge is -2.23. The molecular weight excluding hydrogens is 148 g/mol. The van der Waals surface area contributed by atoms with E-state index in [0.717, 1.165) is 6.54 Å². The van der Waals surface area contributed by atoms with Gasteiger partial charge in [-0.1, -0.05) is 27.7 Å². The van der Waals surface area contributed by atoms with Crippen LogP contribution in [0.3, 0.4) is 0 Å². The standard InChI is InChI=1S/C8H20N2.C2H6/c1-7(2)8(9-3)6-10(4)5;1-2/h7-9H,6H2,1-5H3;1-2H3. The molecule has 0 spiro atoms. The van der Waals surface area contributed by atoms with E-state index in [1.165, 1.54) is 0 Å². The highest BCUT2D eigenvalue weighted by Crippen LogP contribution is 2.00. The third-order valence-electron chi connectivity index (χ3n) is 1.74. The van der Waals surface area contributed by atoms with Crippen LogP contribution in [-0.2, 0) is 0 Å². The van der Waals surface area contributed by atoms with E-state index >= 15 is 0 Å². The lowest BCUT2D eigenvalue weighted by molar-refractivity contribution is 0.301. The van der Waals surface area contributed by atoms with Crippen molar-refractivity contribution in [2.75, 3.05) is 27.7 Å². The Bertz CT molecular complexity index is 79.9. The van der Waals surface area contributed by atoms with Gasteiger partial charge in [0.1, 0.15) is 0 Å². The summed E-state index contributed by atoms with van der Waals surface area (Å²) >= 11 is 0. The van der Waals surface area contributed by atoms with Gasteiger partial charge < -0.3 is 10.2 Å². The summed E-state index contributed by atoms with van der Waals surface area (Å²) in [7, 11) is 6.23. The van der Waals surface area contributed by atoms with Crippen LogP contribution in [0.1, 0.15) is 27.7 Å². The van der Waals surface area contributed by atoms with Crippen molar-refractivity contribution in [1.82, 2.24) is 10.2 Å². The Labute approximate surface area is 78.3 Å². The van der Waals surface area contributed by atoms with Crippen LogP contribution in [0.25, 0.3) is 0 Å². The molecule has 0 bridgehead atoms. The molecule has 12 heavy (non-hydrogen) atoms. The van der Waals surface area contributed by atoms with E-state index in [2.05, 4.69) is 38.2 Å². The fraction of sp³-hybridized carbons (Fsp3) is 1.00. The van der Waals surface area contributed by atoms with Crippen LogP contribution in [0, 0.1) is 5.92 Å². The molecule has 0 aliphatic carbocycles. The van der Waals surface area contributed by atoms with E-state index in [9.17, 15) is 0 Å². The van der Waals surface area contributed by atoms with Gasteiger partial charge in [0.15, 0.2) is 0 Å². The second kappa shape index (κ2) is 9.01. The monoisotopic (exact) mass is 174 g/mol. The third kappa shape index (κ3) is 8.02. The van der Waals surface area contributed by atoms with Crippen molar-refractivity contribution in [2.24, 2.45) is 5.92 Å². The smallest absolute Gasteiger partial charge is 0.0214 e. The van der Waals surface area contributed by atoms with Gasteiger partial charge in [0, 0.05) is 12.6 Å². The van der Waals surface area contributed by atoms with Crippen LogP contribution in [0.15, 0.2) is 0 Å². The molecule has 0 fully saturated rings. The molecule has 0 aliphatic rings. The first-order valence-corrected chi connectivity index (χ1v) is 4.90. The maximum absolute atomic E-state index is 3.29. The second-order valence-corrected chi connectivity index (χ2v) is 3.40. The molecule has 1 N–H and O–H groups in total. The molecule has 0 saturated heterocycles. The summed E-state index contributed by atoms with van der Waals surface area (Å²) < 4.78 is 0. The van der Waals surface area contributed by atoms with Crippen molar-refractivity contribution >= 4 is 0 Å².